The number of aliphatic imine (C=N–C) groups is 1. The Morgan fingerprint density at radius 1 is 1.26 bits per heavy atom. The minimum Gasteiger partial charge on any atom is -0.371 e. The largest absolute Gasteiger partial charge is 0.371 e. The van der Waals surface area contributed by atoms with Crippen molar-refractivity contribution >= 4 is 16.9 Å². The van der Waals surface area contributed by atoms with E-state index in [9.17, 15) is 0 Å². The van der Waals surface area contributed by atoms with Crippen molar-refractivity contribution in [1.29, 1.82) is 0 Å². The lowest BCUT2D eigenvalue weighted by Crippen LogP contribution is -2.53. The van der Waals surface area contributed by atoms with Crippen molar-refractivity contribution in [2.45, 2.75) is 57.6 Å². The summed E-state index contributed by atoms with van der Waals surface area (Å²) in [6, 6.07) is 10.9. The van der Waals surface area contributed by atoms with E-state index in [2.05, 4.69) is 61.4 Å². The van der Waals surface area contributed by atoms with Gasteiger partial charge < -0.3 is 10.1 Å². The van der Waals surface area contributed by atoms with E-state index in [0.29, 0.717) is 23.8 Å². The third kappa shape index (κ3) is 3.74. The lowest BCUT2D eigenvalue weighted by molar-refractivity contribution is -0.0496. The number of fused-ring (bicyclic) bond motifs is 1. The van der Waals surface area contributed by atoms with Crippen LogP contribution in [0.3, 0.4) is 0 Å². The van der Waals surface area contributed by atoms with Gasteiger partial charge in [-0.15, -0.1) is 0 Å². The number of thioether (sulfide) groups is 1. The van der Waals surface area contributed by atoms with Gasteiger partial charge in [-0.2, -0.15) is 0 Å². The SMILES string of the molecule is CCN=C1N[C@@H]2[C@@H](OCc3ccccc3)[C@H](C)[C@@H](CC)C[C@@H]2S1. The highest BCUT2D eigenvalue weighted by Crippen LogP contribution is 2.43. The van der Waals surface area contributed by atoms with Crippen LogP contribution in [0.4, 0.5) is 0 Å². The highest BCUT2D eigenvalue weighted by molar-refractivity contribution is 8.14. The Labute approximate surface area is 144 Å². The van der Waals surface area contributed by atoms with Gasteiger partial charge in [-0.05, 0) is 30.7 Å². The lowest BCUT2D eigenvalue weighted by Gasteiger charge is -2.42. The number of nitrogens with one attached hydrogen (secondary N) is 1. The second-order valence-electron chi connectivity index (χ2n) is 6.63. The van der Waals surface area contributed by atoms with Crippen LogP contribution in [0.25, 0.3) is 0 Å². The maximum absolute atomic E-state index is 6.42. The molecule has 1 aliphatic heterocycles. The molecule has 0 spiro atoms. The second kappa shape index (κ2) is 7.71. The molecule has 1 N–H and O–H groups in total. The molecule has 5 atom stereocenters. The number of amidine groups is 1. The van der Waals surface area contributed by atoms with Gasteiger partial charge in [0.15, 0.2) is 5.17 Å². The monoisotopic (exact) mass is 332 g/mol. The average Bonchev–Trinajstić information content (AvgIpc) is 2.97. The lowest BCUT2D eigenvalue weighted by atomic mass is 9.74. The summed E-state index contributed by atoms with van der Waals surface area (Å²) >= 11 is 1.92. The smallest absolute Gasteiger partial charge is 0.157 e. The molecule has 1 aromatic rings. The molecular weight excluding hydrogens is 304 g/mol. The first-order chi connectivity index (χ1) is 11.2. The molecule has 0 unspecified atom stereocenters. The summed E-state index contributed by atoms with van der Waals surface area (Å²) in [7, 11) is 0. The summed E-state index contributed by atoms with van der Waals surface area (Å²) in [4.78, 5) is 4.59. The Morgan fingerprint density at radius 2 is 2.04 bits per heavy atom. The summed E-state index contributed by atoms with van der Waals surface area (Å²) in [6.07, 6.45) is 2.76. The van der Waals surface area contributed by atoms with Crippen molar-refractivity contribution in [2.24, 2.45) is 16.8 Å². The third-order valence-corrected chi connectivity index (χ3v) is 6.47. The number of benzene rings is 1. The number of hydrogen-bond donors (Lipinski definition) is 1. The molecule has 1 saturated heterocycles. The first-order valence-electron chi connectivity index (χ1n) is 8.86. The molecule has 2 fully saturated rings. The van der Waals surface area contributed by atoms with E-state index in [-0.39, 0.29) is 6.10 Å². The Kier molecular flexibility index (Phi) is 5.65. The van der Waals surface area contributed by atoms with E-state index >= 15 is 0 Å². The van der Waals surface area contributed by atoms with Crippen LogP contribution in [0.1, 0.15) is 39.2 Å². The third-order valence-electron chi connectivity index (χ3n) is 5.22. The normalized spacial score (nSPS) is 35.1. The summed E-state index contributed by atoms with van der Waals surface area (Å²) in [6.45, 7) is 8.31. The molecule has 1 saturated carbocycles. The minimum atomic E-state index is 0.260. The zero-order valence-corrected chi connectivity index (χ0v) is 15.2. The molecule has 126 valence electrons. The molecule has 0 aromatic heterocycles. The molecule has 0 amide bonds. The maximum Gasteiger partial charge on any atom is 0.157 e. The fourth-order valence-electron chi connectivity index (χ4n) is 3.87. The van der Waals surface area contributed by atoms with Crippen LogP contribution in [0.2, 0.25) is 0 Å². The second-order valence-corrected chi connectivity index (χ2v) is 7.86. The first kappa shape index (κ1) is 16.8. The molecule has 1 aliphatic carbocycles. The highest BCUT2D eigenvalue weighted by Gasteiger charge is 2.47. The Morgan fingerprint density at radius 3 is 2.74 bits per heavy atom. The first-order valence-corrected chi connectivity index (χ1v) is 9.74. The molecule has 4 heteroatoms. The summed E-state index contributed by atoms with van der Waals surface area (Å²) in [5.41, 5.74) is 1.25. The van der Waals surface area contributed by atoms with E-state index in [0.717, 1.165) is 17.6 Å². The molecule has 3 rings (SSSR count). The molecular formula is C19H28N2OS. The van der Waals surface area contributed by atoms with Crippen LogP contribution >= 0.6 is 11.8 Å². The Balaban J connectivity index is 1.73. The predicted molar refractivity (Wildman–Crippen MR) is 98.9 cm³/mol. The molecule has 2 aliphatic rings. The fourth-order valence-corrected chi connectivity index (χ4v) is 5.28. The van der Waals surface area contributed by atoms with Crippen molar-refractivity contribution in [3.8, 4) is 0 Å². The fraction of sp³-hybridized carbons (Fsp3) is 0.632. The molecule has 3 nitrogen and oxygen atoms in total. The van der Waals surface area contributed by atoms with E-state index < -0.39 is 0 Å². The van der Waals surface area contributed by atoms with Crippen molar-refractivity contribution in [2.75, 3.05) is 6.54 Å². The van der Waals surface area contributed by atoms with Crippen molar-refractivity contribution in [3.63, 3.8) is 0 Å². The molecule has 1 aromatic carbocycles. The minimum absolute atomic E-state index is 0.260. The summed E-state index contributed by atoms with van der Waals surface area (Å²) in [5.74, 6) is 1.33. The van der Waals surface area contributed by atoms with Gasteiger partial charge in [0.2, 0.25) is 0 Å². The predicted octanol–water partition coefficient (Wildman–Crippen LogP) is 4.09. The quantitative estimate of drug-likeness (QED) is 0.882. The van der Waals surface area contributed by atoms with Crippen molar-refractivity contribution in [1.82, 2.24) is 5.32 Å². The van der Waals surface area contributed by atoms with E-state index in [1.54, 1.807) is 0 Å². The number of nitrogens with zero attached hydrogens (tertiary/aromatic N) is 1. The van der Waals surface area contributed by atoms with Gasteiger partial charge in [0.05, 0.1) is 18.8 Å². The Bertz CT molecular complexity index is 533. The van der Waals surface area contributed by atoms with Crippen LogP contribution in [0.5, 0.6) is 0 Å². The standard InChI is InChI=1S/C19H28N2OS/c1-4-15-11-16-17(21-19(23-16)20-5-2)18(13(15)3)22-12-14-9-7-6-8-10-14/h6-10,13,15-18H,4-5,11-12H2,1-3H3,(H,20,21)/t13-,15+,16+,17+,18+/m1/s1. The topological polar surface area (TPSA) is 33.6 Å². The number of hydrogen-bond acceptors (Lipinski definition) is 3. The van der Waals surface area contributed by atoms with Gasteiger partial charge in [-0.3, -0.25) is 4.99 Å². The van der Waals surface area contributed by atoms with Crippen LogP contribution in [-0.4, -0.2) is 29.1 Å². The van der Waals surface area contributed by atoms with Crippen LogP contribution in [-0.2, 0) is 11.3 Å². The van der Waals surface area contributed by atoms with E-state index in [1.807, 2.05) is 11.8 Å². The van der Waals surface area contributed by atoms with Gasteiger partial charge >= 0.3 is 0 Å². The summed E-state index contributed by atoms with van der Waals surface area (Å²) in [5, 5.41) is 5.35. The zero-order valence-electron chi connectivity index (χ0n) is 14.4. The van der Waals surface area contributed by atoms with Crippen LogP contribution in [0.15, 0.2) is 35.3 Å². The Hall–Kier alpha value is -1.00. The summed E-state index contributed by atoms with van der Waals surface area (Å²) < 4.78 is 6.42. The molecule has 0 radical (unpaired) electrons. The van der Waals surface area contributed by atoms with Crippen molar-refractivity contribution < 1.29 is 4.74 Å². The molecule has 0 bridgehead atoms. The van der Waals surface area contributed by atoms with Gasteiger partial charge in [0.1, 0.15) is 0 Å². The maximum atomic E-state index is 6.42. The zero-order chi connectivity index (χ0) is 16.2. The average molecular weight is 333 g/mol. The van der Waals surface area contributed by atoms with Crippen LogP contribution in [0, 0.1) is 11.8 Å². The number of ether oxygens (including phenoxy) is 1. The number of rotatable bonds is 5. The van der Waals surface area contributed by atoms with E-state index in [4.69, 9.17) is 4.74 Å². The van der Waals surface area contributed by atoms with Gasteiger partial charge in [-0.25, -0.2) is 0 Å². The molecule has 1 heterocycles. The van der Waals surface area contributed by atoms with E-state index in [1.165, 1.54) is 18.4 Å². The van der Waals surface area contributed by atoms with Gasteiger partial charge in [0, 0.05) is 11.8 Å². The molecule has 23 heavy (non-hydrogen) atoms. The van der Waals surface area contributed by atoms with Gasteiger partial charge in [0.25, 0.3) is 0 Å². The highest BCUT2D eigenvalue weighted by atomic mass is 32.2. The van der Waals surface area contributed by atoms with Crippen LogP contribution < -0.4 is 5.32 Å². The van der Waals surface area contributed by atoms with Crippen molar-refractivity contribution in [3.05, 3.63) is 35.9 Å². The van der Waals surface area contributed by atoms with Gasteiger partial charge in [-0.1, -0.05) is 62.4 Å².